The van der Waals surface area contributed by atoms with Crippen molar-refractivity contribution in [1.29, 1.82) is 0 Å². The van der Waals surface area contributed by atoms with Crippen LogP contribution in [0.3, 0.4) is 0 Å². The van der Waals surface area contributed by atoms with Crippen LogP contribution in [0.15, 0.2) is 36.5 Å². The molecule has 1 aliphatic rings. The molecule has 1 aromatic carbocycles. The zero-order valence-corrected chi connectivity index (χ0v) is 16.3. The Morgan fingerprint density at radius 3 is 2.96 bits per heavy atom. The van der Waals surface area contributed by atoms with E-state index in [1.165, 1.54) is 0 Å². The molecule has 0 radical (unpaired) electrons. The fourth-order valence-corrected chi connectivity index (χ4v) is 3.36. The average Bonchev–Trinajstić information content (AvgIpc) is 3.13. The highest BCUT2D eigenvalue weighted by atomic mass is 35.5. The number of nitrogen functional groups attached to an aromatic ring is 1. The highest BCUT2D eigenvalue weighted by Crippen LogP contribution is 2.25. The van der Waals surface area contributed by atoms with Gasteiger partial charge in [0.05, 0.1) is 11.6 Å². The number of benzene rings is 1. The van der Waals surface area contributed by atoms with E-state index in [0.29, 0.717) is 42.0 Å². The maximum atomic E-state index is 12.7. The Bertz CT molecular complexity index is 803. The highest BCUT2D eigenvalue weighted by molar-refractivity contribution is 6.32. The molecule has 3 rings (SSSR count). The van der Waals surface area contributed by atoms with E-state index in [1.807, 2.05) is 24.1 Å². The Hall–Kier alpha value is -2.38. The molecule has 1 aromatic heterocycles. The first-order valence-electron chi connectivity index (χ1n) is 8.91. The summed E-state index contributed by atoms with van der Waals surface area (Å²) in [6, 6.07) is 9.07. The number of anilines is 1. The second-order valence-electron chi connectivity index (χ2n) is 6.73. The van der Waals surface area contributed by atoms with Crippen molar-refractivity contribution in [3.63, 3.8) is 0 Å². The van der Waals surface area contributed by atoms with E-state index in [1.54, 1.807) is 31.3 Å². The van der Waals surface area contributed by atoms with Gasteiger partial charge in [0.2, 0.25) is 0 Å². The molecule has 1 amide bonds. The van der Waals surface area contributed by atoms with E-state index in [-0.39, 0.29) is 11.9 Å². The third-order valence-corrected chi connectivity index (χ3v) is 5.02. The number of nitrogens with zero attached hydrogens (tertiary/aromatic N) is 4. The number of likely N-dealkylation sites (tertiary alicyclic amines) is 1. The molecule has 2 atom stereocenters. The SMILES string of the molecule is C[C@H](Oc1ccccc1Cl)C(=O)N1CC[C@H](N(C)Cc2nccc(N)n2)C1. The molecule has 0 unspecified atom stereocenters. The Morgan fingerprint density at radius 1 is 1.44 bits per heavy atom. The van der Waals surface area contributed by atoms with Crippen molar-refractivity contribution >= 4 is 23.3 Å². The predicted octanol–water partition coefficient (Wildman–Crippen LogP) is 2.21. The van der Waals surface area contributed by atoms with E-state index >= 15 is 0 Å². The van der Waals surface area contributed by atoms with Gasteiger partial charge in [-0.3, -0.25) is 9.69 Å². The van der Waals surface area contributed by atoms with Crippen LogP contribution < -0.4 is 10.5 Å². The number of aromatic nitrogens is 2. The Morgan fingerprint density at radius 2 is 2.22 bits per heavy atom. The maximum Gasteiger partial charge on any atom is 0.263 e. The standard InChI is InChI=1S/C19H24ClN5O2/c1-13(27-16-6-4-3-5-15(16)20)19(26)25-10-8-14(11-25)24(2)12-18-22-9-7-17(21)23-18/h3-7,9,13-14H,8,10-12H2,1-2H3,(H2,21,22,23)/t13-,14-/m0/s1. The Kier molecular flexibility index (Phi) is 6.13. The Labute approximate surface area is 164 Å². The Balaban J connectivity index is 1.55. The van der Waals surface area contributed by atoms with Gasteiger partial charge >= 0.3 is 0 Å². The lowest BCUT2D eigenvalue weighted by Gasteiger charge is -2.25. The quantitative estimate of drug-likeness (QED) is 0.815. The van der Waals surface area contributed by atoms with Gasteiger partial charge in [0.25, 0.3) is 5.91 Å². The second-order valence-corrected chi connectivity index (χ2v) is 7.14. The van der Waals surface area contributed by atoms with Gasteiger partial charge in [0.15, 0.2) is 6.10 Å². The average molecular weight is 390 g/mol. The van der Waals surface area contributed by atoms with Crippen molar-refractivity contribution in [2.24, 2.45) is 0 Å². The van der Waals surface area contributed by atoms with Crippen LogP contribution in [0.5, 0.6) is 5.75 Å². The zero-order chi connectivity index (χ0) is 19.4. The fraction of sp³-hybridized carbons (Fsp3) is 0.421. The second kappa shape index (κ2) is 8.54. The lowest BCUT2D eigenvalue weighted by atomic mass is 10.2. The number of halogens is 1. The molecule has 8 heteroatoms. The molecular formula is C19H24ClN5O2. The van der Waals surface area contributed by atoms with E-state index in [9.17, 15) is 4.79 Å². The maximum absolute atomic E-state index is 12.7. The topological polar surface area (TPSA) is 84.6 Å². The molecule has 0 bridgehead atoms. The first kappa shape index (κ1) is 19.4. The minimum atomic E-state index is -0.591. The molecule has 144 valence electrons. The molecule has 0 aliphatic carbocycles. The van der Waals surface area contributed by atoms with Crippen molar-refractivity contribution < 1.29 is 9.53 Å². The number of carbonyl (C=O) groups is 1. The van der Waals surface area contributed by atoms with Crippen LogP contribution in [-0.2, 0) is 11.3 Å². The number of carbonyl (C=O) groups excluding carboxylic acids is 1. The molecular weight excluding hydrogens is 366 g/mol. The van der Waals surface area contributed by atoms with Crippen LogP contribution in [0.4, 0.5) is 5.82 Å². The van der Waals surface area contributed by atoms with Crippen LogP contribution in [0.2, 0.25) is 5.02 Å². The molecule has 2 aromatic rings. The van der Waals surface area contributed by atoms with E-state index in [2.05, 4.69) is 14.9 Å². The summed E-state index contributed by atoms with van der Waals surface area (Å²) in [6.45, 7) is 3.68. The van der Waals surface area contributed by atoms with Crippen molar-refractivity contribution in [2.45, 2.75) is 32.0 Å². The first-order valence-corrected chi connectivity index (χ1v) is 9.29. The van der Waals surface area contributed by atoms with Gasteiger partial charge < -0.3 is 15.4 Å². The summed E-state index contributed by atoms with van der Waals surface area (Å²) in [6.07, 6.45) is 1.96. The summed E-state index contributed by atoms with van der Waals surface area (Å²) in [5, 5.41) is 0.498. The van der Waals surface area contributed by atoms with Gasteiger partial charge in [-0.2, -0.15) is 0 Å². The number of hydrogen-bond donors (Lipinski definition) is 1. The monoisotopic (exact) mass is 389 g/mol. The smallest absolute Gasteiger partial charge is 0.263 e. The summed E-state index contributed by atoms with van der Waals surface area (Å²) < 4.78 is 5.75. The number of amides is 1. The number of para-hydroxylation sites is 1. The third-order valence-electron chi connectivity index (χ3n) is 4.70. The van der Waals surface area contributed by atoms with Gasteiger partial charge in [0, 0.05) is 25.3 Å². The molecule has 1 aliphatic heterocycles. The number of ether oxygens (including phenoxy) is 1. The van der Waals surface area contributed by atoms with E-state index in [4.69, 9.17) is 22.1 Å². The molecule has 2 N–H and O–H groups in total. The fourth-order valence-electron chi connectivity index (χ4n) is 3.18. The summed E-state index contributed by atoms with van der Waals surface area (Å²) in [7, 11) is 2.01. The van der Waals surface area contributed by atoms with Gasteiger partial charge in [-0.25, -0.2) is 9.97 Å². The summed E-state index contributed by atoms with van der Waals surface area (Å²) in [5.41, 5.74) is 5.71. The number of rotatable bonds is 6. The van der Waals surface area contributed by atoms with Crippen LogP contribution in [0.25, 0.3) is 0 Å². The molecule has 7 nitrogen and oxygen atoms in total. The number of nitrogens with two attached hydrogens (primary N) is 1. The van der Waals surface area contributed by atoms with Crippen molar-refractivity contribution in [3.05, 3.63) is 47.4 Å². The molecule has 1 fully saturated rings. The van der Waals surface area contributed by atoms with Crippen LogP contribution in [0, 0.1) is 0 Å². The normalized spacial score (nSPS) is 17.9. The zero-order valence-electron chi connectivity index (χ0n) is 15.5. The van der Waals surface area contributed by atoms with Crippen LogP contribution in [0.1, 0.15) is 19.2 Å². The van der Waals surface area contributed by atoms with Crippen molar-refractivity contribution in [1.82, 2.24) is 19.8 Å². The molecule has 27 heavy (non-hydrogen) atoms. The predicted molar refractivity (Wildman–Crippen MR) is 104 cm³/mol. The van der Waals surface area contributed by atoms with Crippen molar-refractivity contribution in [3.8, 4) is 5.75 Å². The first-order chi connectivity index (χ1) is 12.9. The van der Waals surface area contributed by atoms with E-state index in [0.717, 1.165) is 6.42 Å². The summed E-state index contributed by atoms with van der Waals surface area (Å²) in [5.74, 6) is 1.62. The highest BCUT2D eigenvalue weighted by Gasteiger charge is 2.32. The molecule has 0 saturated carbocycles. The molecule has 1 saturated heterocycles. The number of hydrogen-bond acceptors (Lipinski definition) is 6. The largest absolute Gasteiger partial charge is 0.479 e. The summed E-state index contributed by atoms with van der Waals surface area (Å²) >= 11 is 6.11. The van der Waals surface area contributed by atoms with Crippen molar-refractivity contribution in [2.75, 3.05) is 25.9 Å². The van der Waals surface area contributed by atoms with Gasteiger partial charge in [-0.05, 0) is 38.6 Å². The minimum absolute atomic E-state index is 0.0361. The van der Waals surface area contributed by atoms with Gasteiger partial charge in [0.1, 0.15) is 17.4 Å². The van der Waals surface area contributed by atoms with Crippen LogP contribution in [-0.4, -0.2) is 58.0 Å². The van der Waals surface area contributed by atoms with Crippen LogP contribution >= 0.6 is 11.6 Å². The molecule has 2 heterocycles. The van der Waals surface area contributed by atoms with Gasteiger partial charge in [-0.1, -0.05) is 23.7 Å². The van der Waals surface area contributed by atoms with Gasteiger partial charge in [-0.15, -0.1) is 0 Å². The lowest BCUT2D eigenvalue weighted by Crippen LogP contribution is -2.41. The third kappa shape index (κ3) is 4.87. The lowest BCUT2D eigenvalue weighted by molar-refractivity contribution is -0.137. The van der Waals surface area contributed by atoms with E-state index < -0.39 is 6.10 Å². The summed E-state index contributed by atoms with van der Waals surface area (Å²) in [4.78, 5) is 25.2. The molecule has 0 spiro atoms. The minimum Gasteiger partial charge on any atom is -0.479 e. The number of likely N-dealkylation sites (N-methyl/N-ethyl adjacent to an activating group) is 1.